The van der Waals surface area contributed by atoms with Crippen molar-refractivity contribution in [2.75, 3.05) is 0 Å². The summed E-state index contributed by atoms with van der Waals surface area (Å²) in [6.45, 7) is 0. The number of hydrogen-bond acceptors (Lipinski definition) is 3. The van der Waals surface area contributed by atoms with Crippen LogP contribution in [0.4, 0.5) is 0 Å². The minimum Gasteiger partial charge on any atom is -0.446 e. The van der Waals surface area contributed by atoms with E-state index in [0.29, 0.717) is 10.6 Å². The standard InChI is InChI=1S/C25H19ClO3/c26-21-13-11-19(12-14-21)23(27)17-22(18-7-3-1-4-8-18)25(16-15-24(28)29-25)20-9-5-2-6-10-20/h1-16,22H,17H2/t22-,25-/m1/s1. The zero-order valence-corrected chi connectivity index (χ0v) is 16.4. The highest BCUT2D eigenvalue weighted by molar-refractivity contribution is 6.30. The van der Waals surface area contributed by atoms with Crippen molar-refractivity contribution in [1.29, 1.82) is 0 Å². The number of Topliss-reactive ketones (excluding diaryl/α,β-unsaturated/α-hetero) is 1. The highest BCUT2D eigenvalue weighted by Gasteiger charge is 2.46. The molecule has 144 valence electrons. The highest BCUT2D eigenvalue weighted by atomic mass is 35.5. The smallest absolute Gasteiger partial charge is 0.331 e. The Bertz CT molecular complexity index is 1040. The second-order valence-electron chi connectivity index (χ2n) is 7.01. The minimum atomic E-state index is -1.04. The number of cyclic esters (lactones) is 1. The van der Waals surface area contributed by atoms with Gasteiger partial charge in [0.25, 0.3) is 0 Å². The van der Waals surface area contributed by atoms with Gasteiger partial charge in [0, 0.05) is 34.6 Å². The van der Waals surface area contributed by atoms with Gasteiger partial charge in [0.05, 0.1) is 0 Å². The highest BCUT2D eigenvalue weighted by Crippen LogP contribution is 2.46. The van der Waals surface area contributed by atoms with E-state index in [0.717, 1.165) is 11.1 Å². The fourth-order valence-corrected chi connectivity index (χ4v) is 3.94. The van der Waals surface area contributed by atoms with E-state index in [2.05, 4.69) is 0 Å². The van der Waals surface area contributed by atoms with Crippen LogP contribution in [0.2, 0.25) is 5.02 Å². The predicted molar refractivity (Wildman–Crippen MR) is 113 cm³/mol. The number of esters is 1. The molecule has 3 nitrogen and oxygen atoms in total. The summed E-state index contributed by atoms with van der Waals surface area (Å²) in [5.74, 6) is -0.826. The van der Waals surface area contributed by atoms with Gasteiger partial charge in [-0.05, 0) is 35.9 Å². The van der Waals surface area contributed by atoms with Crippen molar-refractivity contribution < 1.29 is 14.3 Å². The molecule has 0 aliphatic carbocycles. The van der Waals surface area contributed by atoms with E-state index in [1.807, 2.05) is 60.7 Å². The maximum Gasteiger partial charge on any atom is 0.331 e. The topological polar surface area (TPSA) is 43.4 Å². The van der Waals surface area contributed by atoms with Crippen molar-refractivity contribution in [3.8, 4) is 0 Å². The molecule has 1 heterocycles. The zero-order valence-electron chi connectivity index (χ0n) is 15.6. The monoisotopic (exact) mass is 402 g/mol. The Labute approximate surface area is 174 Å². The molecule has 4 heteroatoms. The number of rotatable bonds is 6. The van der Waals surface area contributed by atoms with E-state index in [1.165, 1.54) is 6.08 Å². The Hall–Kier alpha value is -3.17. The summed E-state index contributed by atoms with van der Waals surface area (Å²) in [6, 6.07) is 26.1. The molecule has 0 unspecified atom stereocenters. The van der Waals surface area contributed by atoms with E-state index in [-0.39, 0.29) is 18.1 Å². The first-order valence-electron chi connectivity index (χ1n) is 9.40. The molecule has 0 spiro atoms. The van der Waals surface area contributed by atoms with Gasteiger partial charge in [0.2, 0.25) is 0 Å². The number of hydrogen-bond donors (Lipinski definition) is 0. The van der Waals surface area contributed by atoms with E-state index in [9.17, 15) is 9.59 Å². The zero-order chi connectivity index (χ0) is 20.3. The lowest BCUT2D eigenvalue weighted by molar-refractivity contribution is -0.148. The summed E-state index contributed by atoms with van der Waals surface area (Å²) in [7, 11) is 0. The Kier molecular flexibility index (Phi) is 5.32. The van der Waals surface area contributed by atoms with Crippen molar-refractivity contribution in [3.05, 3.63) is 119 Å². The van der Waals surface area contributed by atoms with E-state index >= 15 is 0 Å². The summed E-state index contributed by atoms with van der Waals surface area (Å²) in [5.41, 5.74) is 1.30. The predicted octanol–water partition coefficient (Wildman–Crippen LogP) is 5.71. The molecule has 3 aromatic carbocycles. The van der Waals surface area contributed by atoms with Crippen LogP contribution in [0, 0.1) is 0 Å². The first kappa shape index (κ1) is 19.2. The van der Waals surface area contributed by atoms with Gasteiger partial charge in [-0.2, -0.15) is 0 Å². The SMILES string of the molecule is O=C1C=C[C@@](c2ccccc2)([C@H](CC(=O)c2ccc(Cl)cc2)c2ccccc2)O1. The largest absolute Gasteiger partial charge is 0.446 e. The quantitative estimate of drug-likeness (QED) is 0.392. The lowest BCUT2D eigenvalue weighted by atomic mass is 9.74. The lowest BCUT2D eigenvalue weighted by Gasteiger charge is -2.36. The first-order chi connectivity index (χ1) is 14.1. The van der Waals surface area contributed by atoms with Gasteiger partial charge in [-0.3, -0.25) is 4.79 Å². The number of carbonyl (C=O) groups excluding carboxylic acids is 2. The lowest BCUT2D eigenvalue weighted by Crippen LogP contribution is -2.35. The van der Waals surface area contributed by atoms with Crippen LogP contribution in [0.15, 0.2) is 97.1 Å². The summed E-state index contributed by atoms with van der Waals surface area (Å²) in [6.07, 6.45) is 3.39. The Morgan fingerprint density at radius 1 is 0.897 bits per heavy atom. The fraction of sp³-hybridized carbons (Fsp3) is 0.120. The molecular formula is C25H19ClO3. The summed E-state index contributed by atoms with van der Waals surface area (Å²) in [4.78, 5) is 25.3. The molecule has 29 heavy (non-hydrogen) atoms. The Morgan fingerprint density at radius 3 is 2.10 bits per heavy atom. The minimum absolute atomic E-state index is 0.0397. The average molecular weight is 403 g/mol. The number of carbonyl (C=O) groups is 2. The molecule has 3 aromatic rings. The van der Waals surface area contributed by atoms with Crippen LogP contribution in [0.3, 0.4) is 0 Å². The van der Waals surface area contributed by atoms with Crippen molar-refractivity contribution in [2.24, 2.45) is 0 Å². The van der Waals surface area contributed by atoms with Gasteiger partial charge in [-0.1, -0.05) is 72.3 Å². The number of halogens is 1. The molecule has 1 aliphatic rings. The molecule has 0 N–H and O–H groups in total. The molecule has 4 rings (SSSR count). The van der Waals surface area contributed by atoms with Crippen molar-refractivity contribution >= 4 is 23.4 Å². The fourth-order valence-electron chi connectivity index (χ4n) is 3.81. The van der Waals surface area contributed by atoms with Gasteiger partial charge >= 0.3 is 5.97 Å². The third-order valence-corrected chi connectivity index (χ3v) is 5.49. The second kappa shape index (κ2) is 8.06. The van der Waals surface area contributed by atoms with Gasteiger partial charge in [0.15, 0.2) is 11.4 Å². The van der Waals surface area contributed by atoms with Gasteiger partial charge in [-0.25, -0.2) is 4.79 Å². The molecule has 0 aromatic heterocycles. The number of ketones is 1. The maximum atomic E-state index is 13.1. The van der Waals surface area contributed by atoms with Crippen molar-refractivity contribution in [2.45, 2.75) is 17.9 Å². The van der Waals surface area contributed by atoms with E-state index < -0.39 is 11.6 Å². The van der Waals surface area contributed by atoms with E-state index in [1.54, 1.807) is 30.3 Å². The normalized spacial score (nSPS) is 19.0. The Balaban J connectivity index is 1.79. The van der Waals surface area contributed by atoms with Crippen LogP contribution in [0.5, 0.6) is 0 Å². The molecular weight excluding hydrogens is 384 g/mol. The van der Waals surface area contributed by atoms with Crippen molar-refractivity contribution in [3.63, 3.8) is 0 Å². The van der Waals surface area contributed by atoms with Crippen LogP contribution >= 0.6 is 11.6 Å². The molecule has 2 atom stereocenters. The van der Waals surface area contributed by atoms with Crippen LogP contribution in [0.25, 0.3) is 0 Å². The van der Waals surface area contributed by atoms with Crippen molar-refractivity contribution in [1.82, 2.24) is 0 Å². The molecule has 1 aliphatic heterocycles. The maximum absolute atomic E-state index is 13.1. The molecule has 0 radical (unpaired) electrons. The van der Waals surface area contributed by atoms with Crippen LogP contribution in [-0.2, 0) is 15.1 Å². The van der Waals surface area contributed by atoms with E-state index in [4.69, 9.17) is 16.3 Å². The summed E-state index contributed by atoms with van der Waals surface area (Å²) in [5, 5.41) is 0.578. The summed E-state index contributed by atoms with van der Waals surface area (Å²) < 4.78 is 5.88. The second-order valence-corrected chi connectivity index (χ2v) is 7.45. The van der Waals surface area contributed by atoms with Gasteiger partial charge in [0.1, 0.15) is 0 Å². The number of benzene rings is 3. The molecule has 0 bridgehead atoms. The van der Waals surface area contributed by atoms with Gasteiger partial charge in [-0.15, -0.1) is 0 Å². The third-order valence-electron chi connectivity index (χ3n) is 5.24. The van der Waals surface area contributed by atoms with Crippen LogP contribution in [0.1, 0.15) is 33.8 Å². The molecule has 0 fully saturated rings. The average Bonchev–Trinajstić information content (AvgIpc) is 3.16. The van der Waals surface area contributed by atoms with Crippen LogP contribution in [-0.4, -0.2) is 11.8 Å². The van der Waals surface area contributed by atoms with Crippen LogP contribution < -0.4 is 0 Å². The Morgan fingerprint density at radius 2 is 1.52 bits per heavy atom. The summed E-state index contributed by atoms with van der Waals surface area (Å²) >= 11 is 5.96. The molecule has 0 saturated carbocycles. The van der Waals surface area contributed by atoms with Gasteiger partial charge < -0.3 is 4.74 Å². The first-order valence-corrected chi connectivity index (χ1v) is 9.78. The third kappa shape index (κ3) is 3.87. The molecule has 0 saturated heterocycles. The molecule has 0 amide bonds. The number of ether oxygens (including phenoxy) is 1.